The summed E-state index contributed by atoms with van der Waals surface area (Å²) in [4.78, 5) is 0. The van der Waals surface area contributed by atoms with Gasteiger partial charge >= 0.3 is 0 Å². The SMILES string of the molecule is CCCSC(C)CN1NCC2NC(C3CCC(S(C)(=O)=O)CC3)NC21. The normalized spacial score (nSPS) is 38.0. The fraction of sp³-hybridized carbons (Fsp3) is 1.00. The lowest BCUT2D eigenvalue weighted by Gasteiger charge is -2.33. The Balaban J connectivity index is 1.48. The Morgan fingerprint density at radius 3 is 2.56 bits per heavy atom. The maximum Gasteiger partial charge on any atom is 0.150 e. The van der Waals surface area contributed by atoms with Gasteiger partial charge in [0.05, 0.1) is 23.6 Å². The minimum absolute atomic E-state index is 0.126. The molecular weight excluding hydrogens is 356 g/mol. The summed E-state index contributed by atoms with van der Waals surface area (Å²) in [5, 5.41) is 10.4. The molecule has 0 aromatic rings. The van der Waals surface area contributed by atoms with Gasteiger partial charge < -0.3 is 0 Å². The van der Waals surface area contributed by atoms with Crippen molar-refractivity contribution in [2.45, 2.75) is 74.8 Å². The van der Waals surface area contributed by atoms with E-state index in [0.29, 0.717) is 29.5 Å². The van der Waals surface area contributed by atoms with Crippen LogP contribution >= 0.6 is 11.8 Å². The van der Waals surface area contributed by atoms with E-state index in [4.69, 9.17) is 0 Å². The second-order valence-corrected chi connectivity index (χ2v) is 11.8. The van der Waals surface area contributed by atoms with Crippen molar-refractivity contribution in [3.63, 3.8) is 0 Å². The standard InChI is InChI=1S/C17H34N4O2S2/c1-4-9-24-12(2)11-21-17-15(10-18-21)19-16(20-17)13-5-7-14(8-6-13)25(3,22)23/h12-20H,4-11H2,1-3H3. The van der Waals surface area contributed by atoms with E-state index >= 15 is 0 Å². The smallest absolute Gasteiger partial charge is 0.150 e. The predicted molar refractivity (Wildman–Crippen MR) is 105 cm³/mol. The lowest BCUT2D eigenvalue weighted by Crippen LogP contribution is -2.51. The van der Waals surface area contributed by atoms with Gasteiger partial charge in [-0.3, -0.25) is 16.1 Å². The molecule has 0 amide bonds. The molecular formula is C17H34N4O2S2. The third-order valence-corrected chi connectivity index (χ3v) is 8.88. The molecule has 1 saturated carbocycles. The summed E-state index contributed by atoms with van der Waals surface area (Å²) in [6.45, 7) is 6.56. The van der Waals surface area contributed by atoms with Gasteiger partial charge in [0.2, 0.25) is 0 Å². The van der Waals surface area contributed by atoms with Gasteiger partial charge in [-0.05, 0) is 43.8 Å². The zero-order valence-corrected chi connectivity index (χ0v) is 17.3. The molecule has 146 valence electrons. The zero-order chi connectivity index (χ0) is 18.0. The molecule has 0 aromatic heterocycles. The van der Waals surface area contributed by atoms with Crippen LogP contribution in [0, 0.1) is 5.92 Å². The molecule has 0 spiro atoms. The predicted octanol–water partition coefficient (Wildman–Crippen LogP) is 1.16. The van der Waals surface area contributed by atoms with Gasteiger partial charge in [0.15, 0.2) is 0 Å². The second-order valence-electron chi connectivity index (χ2n) is 7.92. The first-order valence-electron chi connectivity index (χ1n) is 9.71. The van der Waals surface area contributed by atoms with Crippen LogP contribution in [0.2, 0.25) is 0 Å². The van der Waals surface area contributed by atoms with Crippen molar-refractivity contribution >= 4 is 21.6 Å². The summed E-state index contributed by atoms with van der Waals surface area (Å²) in [6.07, 6.45) is 6.90. The van der Waals surface area contributed by atoms with E-state index in [1.807, 2.05) is 11.8 Å². The van der Waals surface area contributed by atoms with Gasteiger partial charge in [-0.25, -0.2) is 13.4 Å². The van der Waals surface area contributed by atoms with E-state index in [-0.39, 0.29) is 5.25 Å². The van der Waals surface area contributed by atoms with Crippen LogP contribution < -0.4 is 16.1 Å². The summed E-state index contributed by atoms with van der Waals surface area (Å²) in [5.41, 5.74) is 3.53. The summed E-state index contributed by atoms with van der Waals surface area (Å²) in [7, 11) is -2.88. The molecule has 3 rings (SSSR count). The Morgan fingerprint density at radius 1 is 1.20 bits per heavy atom. The number of fused-ring (bicyclic) bond motifs is 1. The molecule has 8 heteroatoms. The van der Waals surface area contributed by atoms with Gasteiger partial charge in [-0.2, -0.15) is 11.8 Å². The number of nitrogens with zero attached hydrogens (tertiary/aromatic N) is 1. The third kappa shape index (κ3) is 4.90. The molecule has 3 aliphatic rings. The minimum atomic E-state index is -2.88. The highest BCUT2D eigenvalue weighted by molar-refractivity contribution is 7.99. The van der Waals surface area contributed by atoms with Crippen molar-refractivity contribution in [2.24, 2.45) is 5.92 Å². The monoisotopic (exact) mass is 390 g/mol. The van der Waals surface area contributed by atoms with Gasteiger partial charge in [-0.1, -0.05) is 13.8 Å². The molecule has 2 heterocycles. The van der Waals surface area contributed by atoms with Crippen molar-refractivity contribution in [1.29, 1.82) is 0 Å². The van der Waals surface area contributed by atoms with Crippen LogP contribution in [0.5, 0.6) is 0 Å². The third-order valence-electron chi connectivity index (χ3n) is 5.83. The Kier molecular flexibility index (Phi) is 6.71. The van der Waals surface area contributed by atoms with Gasteiger partial charge in [-0.15, -0.1) is 0 Å². The van der Waals surface area contributed by atoms with Crippen LogP contribution in [0.4, 0.5) is 0 Å². The van der Waals surface area contributed by atoms with Crippen LogP contribution in [-0.4, -0.2) is 67.4 Å². The highest BCUT2D eigenvalue weighted by Crippen LogP contribution is 2.32. The molecule has 0 aromatic carbocycles. The molecule has 25 heavy (non-hydrogen) atoms. The molecule has 4 unspecified atom stereocenters. The van der Waals surface area contributed by atoms with Crippen molar-refractivity contribution < 1.29 is 8.42 Å². The van der Waals surface area contributed by atoms with E-state index in [0.717, 1.165) is 38.8 Å². The van der Waals surface area contributed by atoms with E-state index in [2.05, 4.69) is 34.9 Å². The molecule has 0 radical (unpaired) electrons. The van der Waals surface area contributed by atoms with E-state index in [9.17, 15) is 8.42 Å². The lowest BCUT2D eigenvalue weighted by atomic mass is 9.87. The number of sulfone groups is 1. The Labute approximate surface area is 157 Å². The molecule has 1 aliphatic carbocycles. The van der Waals surface area contributed by atoms with Crippen molar-refractivity contribution in [3.05, 3.63) is 0 Å². The summed E-state index contributed by atoms with van der Waals surface area (Å²) < 4.78 is 23.5. The van der Waals surface area contributed by atoms with E-state index < -0.39 is 9.84 Å². The van der Waals surface area contributed by atoms with Crippen LogP contribution in [0.1, 0.15) is 46.0 Å². The highest BCUT2D eigenvalue weighted by Gasteiger charge is 2.44. The number of rotatable bonds is 7. The fourth-order valence-corrected chi connectivity index (χ4v) is 6.44. The Hall–Kier alpha value is 0.140. The molecule has 6 nitrogen and oxygen atoms in total. The summed E-state index contributed by atoms with van der Waals surface area (Å²) in [6, 6.07) is 0.445. The second kappa shape index (κ2) is 8.44. The van der Waals surface area contributed by atoms with Crippen LogP contribution in [0.3, 0.4) is 0 Å². The first-order chi connectivity index (χ1) is 11.9. The topological polar surface area (TPSA) is 73.5 Å². The van der Waals surface area contributed by atoms with Crippen LogP contribution in [-0.2, 0) is 9.84 Å². The largest absolute Gasteiger partial charge is 0.295 e. The number of thioether (sulfide) groups is 1. The molecule has 3 fully saturated rings. The molecule has 0 bridgehead atoms. The molecule has 3 N–H and O–H groups in total. The summed E-state index contributed by atoms with van der Waals surface area (Å²) >= 11 is 2.04. The number of hydrogen-bond acceptors (Lipinski definition) is 7. The lowest BCUT2D eigenvalue weighted by molar-refractivity contribution is 0.154. The van der Waals surface area contributed by atoms with Gasteiger partial charge in [0.1, 0.15) is 9.84 Å². The number of hydrogen-bond donors (Lipinski definition) is 3. The maximum absolute atomic E-state index is 11.7. The fourth-order valence-electron chi connectivity index (χ4n) is 4.41. The maximum atomic E-state index is 11.7. The van der Waals surface area contributed by atoms with Crippen molar-refractivity contribution in [3.8, 4) is 0 Å². The molecule has 4 atom stereocenters. The Morgan fingerprint density at radius 2 is 1.92 bits per heavy atom. The average molecular weight is 391 g/mol. The van der Waals surface area contributed by atoms with E-state index in [1.54, 1.807) is 0 Å². The van der Waals surface area contributed by atoms with Crippen molar-refractivity contribution in [1.82, 2.24) is 21.1 Å². The first-order valence-corrected chi connectivity index (χ1v) is 12.7. The summed E-state index contributed by atoms with van der Waals surface area (Å²) in [5.74, 6) is 1.76. The highest BCUT2D eigenvalue weighted by atomic mass is 32.2. The zero-order valence-electron chi connectivity index (χ0n) is 15.7. The van der Waals surface area contributed by atoms with Crippen molar-refractivity contribution in [2.75, 3.05) is 25.1 Å². The van der Waals surface area contributed by atoms with E-state index in [1.165, 1.54) is 18.4 Å². The Bertz CT molecular complexity index is 537. The molecule has 2 saturated heterocycles. The number of hydrazine groups is 1. The molecule has 2 aliphatic heterocycles. The number of nitrogens with one attached hydrogen (secondary N) is 3. The van der Waals surface area contributed by atoms with Crippen LogP contribution in [0.15, 0.2) is 0 Å². The average Bonchev–Trinajstić information content (AvgIpc) is 3.14. The quantitative estimate of drug-likeness (QED) is 0.602. The first kappa shape index (κ1) is 19.9. The minimum Gasteiger partial charge on any atom is -0.295 e. The van der Waals surface area contributed by atoms with Gasteiger partial charge in [0, 0.05) is 24.6 Å². The van der Waals surface area contributed by atoms with Gasteiger partial charge in [0.25, 0.3) is 0 Å². The van der Waals surface area contributed by atoms with Crippen LogP contribution in [0.25, 0.3) is 0 Å².